The van der Waals surface area contributed by atoms with Crippen molar-refractivity contribution in [3.63, 3.8) is 0 Å². The van der Waals surface area contributed by atoms with Crippen LogP contribution >= 0.6 is 0 Å². The van der Waals surface area contributed by atoms with Crippen LogP contribution in [0.2, 0.25) is 0 Å². The van der Waals surface area contributed by atoms with Gasteiger partial charge in [0.15, 0.2) is 10.7 Å². The molecule has 0 saturated carbocycles. The molecule has 0 saturated heterocycles. The Morgan fingerprint density at radius 3 is 2.26 bits per heavy atom. The largest absolute Gasteiger partial charge is 0.300 e. The lowest BCUT2D eigenvalue weighted by atomic mass is 10.0. The number of Topliss-reactive ketones (excluding diaryl/α,β-unsaturated/α-hetero) is 1. The molecule has 2 rings (SSSR count). The molecule has 3 nitrogen and oxygen atoms in total. The predicted octanol–water partition coefficient (Wildman–Crippen LogP) is 2.46. The zero-order valence-corrected chi connectivity index (χ0v) is 11.4. The predicted molar refractivity (Wildman–Crippen MR) is 74.8 cm³/mol. The summed E-state index contributed by atoms with van der Waals surface area (Å²) in [6, 6.07) is 14.4. The van der Waals surface area contributed by atoms with Crippen LogP contribution in [0.5, 0.6) is 0 Å². The van der Waals surface area contributed by atoms with Crippen molar-refractivity contribution in [2.75, 3.05) is 0 Å². The third-order valence-electron chi connectivity index (χ3n) is 2.77. The molecule has 2 aromatic carbocycles. The number of hydrogen-bond donors (Lipinski definition) is 1. The van der Waals surface area contributed by atoms with Crippen LogP contribution < -0.4 is 0 Å². The summed E-state index contributed by atoms with van der Waals surface area (Å²) in [5.41, 5.74) is 2.68. The minimum Gasteiger partial charge on any atom is -0.300 e. The zero-order chi connectivity index (χ0) is 13.8. The molecule has 98 valence electrons. The third-order valence-corrected chi connectivity index (χ3v) is 3.47. The Balaban J connectivity index is 2.41. The number of benzene rings is 2. The van der Waals surface area contributed by atoms with Crippen LogP contribution in [0, 0.1) is 0 Å². The first-order valence-electron chi connectivity index (χ1n) is 5.89. The maximum absolute atomic E-state index is 11.1. The number of carbonyl (C=O) groups excluding carboxylic acids is 1. The summed E-state index contributed by atoms with van der Waals surface area (Å²) in [5, 5.41) is 0. The van der Waals surface area contributed by atoms with Gasteiger partial charge in [-0.2, -0.15) is 0 Å². The lowest BCUT2D eigenvalue weighted by Crippen LogP contribution is -1.96. The van der Waals surface area contributed by atoms with Crippen LogP contribution in [0.1, 0.15) is 12.5 Å². The van der Waals surface area contributed by atoms with E-state index in [0.29, 0.717) is 11.3 Å². The Labute approximate surface area is 113 Å². The average molecular weight is 274 g/mol. The highest BCUT2D eigenvalue weighted by Crippen LogP contribution is 2.22. The van der Waals surface area contributed by atoms with E-state index in [1.54, 1.807) is 25.1 Å². The van der Waals surface area contributed by atoms with Crippen LogP contribution in [-0.4, -0.2) is 14.2 Å². The molecule has 0 aliphatic heterocycles. The molecule has 0 atom stereocenters. The van der Waals surface area contributed by atoms with E-state index >= 15 is 0 Å². The van der Waals surface area contributed by atoms with Gasteiger partial charge in [0.2, 0.25) is 0 Å². The SMILES string of the molecule is CC(=O)Cc1cccc(-c2cccc([SH](=O)=O)c2)c1. The Hall–Kier alpha value is -1.94. The first kappa shape index (κ1) is 13.5. The van der Waals surface area contributed by atoms with Gasteiger partial charge in [-0.15, -0.1) is 0 Å². The number of ketones is 1. The van der Waals surface area contributed by atoms with Gasteiger partial charge in [0.25, 0.3) is 0 Å². The van der Waals surface area contributed by atoms with E-state index in [0.717, 1.165) is 16.7 Å². The fourth-order valence-electron chi connectivity index (χ4n) is 1.95. The second kappa shape index (κ2) is 5.80. The van der Waals surface area contributed by atoms with Crippen LogP contribution in [-0.2, 0) is 21.9 Å². The molecular formula is C15H14O3S. The maximum atomic E-state index is 11.1. The van der Waals surface area contributed by atoms with E-state index in [-0.39, 0.29) is 5.78 Å². The van der Waals surface area contributed by atoms with Crippen molar-refractivity contribution >= 4 is 16.5 Å². The van der Waals surface area contributed by atoms with Crippen LogP contribution in [0.25, 0.3) is 11.1 Å². The number of thiol groups is 1. The van der Waals surface area contributed by atoms with E-state index in [1.165, 1.54) is 0 Å². The molecule has 2 aromatic rings. The Morgan fingerprint density at radius 1 is 1.00 bits per heavy atom. The molecule has 0 radical (unpaired) electrons. The standard InChI is InChI=1S/C15H14O3S/c1-11(16)8-12-4-2-5-13(9-12)14-6-3-7-15(10-14)19(17)18/h2-7,9-10,19H,8H2,1H3. The molecule has 0 amide bonds. The fourth-order valence-corrected chi connectivity index (χ4v) is 2.40. The molecule has 0 N–H and O–H groups in total. The van der Waals surface area contributed by atoms with Gasteiger partial charge in [-0.1, -0.05) is 36.4 Å². The van der Waals surface area contributed by atoms with E-state index in [2.05, 4.69) is 0 Å². The summed E-state index contributed by atoms with van der Waals surface area (Å²) in [6.45, 7) is 1.55. The first-order chi connectivity index (χ1) is 9.06. The summed E-state index contributed by atoms with van der Waals surface area (Å²) < 4.78 is 22.0. The molecule has 19 heavy (non-hydrogen) atoms. The number of carbonyl (C=O) groups is 1. The molecule has 0 aromatic heterocycles. The van der Waals surface area contributed by atoms with E-state index in [9.17, 15) is 13.2 Å². The minimum atomic E-state index is -2.58. The summed E-state index contributed by atoms with van der Waals surface area (Å²) in [7, 11) is -2.58. The van der Waals surface area contributed by atoms with Crippen molar-refractivity contribution in [2.24, 2.45) is 0 Å². The second-order valence-corrected chi connectivity index (χ2v) is 5.42. The van der Waals surface area contributed by atoms with Crippen LogP contribution in [0.15, 0.2) is 53.4 Å². The zero-order valence-electron chi connectivity index (χ0n) is 10.5. The minimum absolute atomic E-state index is 0.105. The molecule has 0 unspecified atom stereocenters. The lowest BCUT2D eigenvalue weighted by Gasteiger charge is -2.05. The van der Waals surface area contributed by atoms with Crippen molar-refractivity contribution in [1.82, 2.24) is 0 Å². The quantitative estimate of drug-likeness (QED) is 0.871. The Bertz CT molecular complexity index is 679. The highest BCUT2D eigenvalue weighted by Gasteiger charge is 2.03. The van der Waals surface area contributed by atoms with E-state index in [4.69, 9.17) is 0 Å². The van der Waals surface area contributed by atoms with E-state index in [1.807, 2.05) is 30.3 Å². The molecule has 0 aliphatic rings. The molecule has 0 aliphatic carbocycles. The summed E-state index contributed by atoms with van der Waals surface area (Å²) in [5.74, 6) is 0.105. The van der Waals surface area contributed by atoms with Gasteiger partial charge in [0, 0.05) is 6.42 Å². The lowest BCUT2D eigenvalue weighted by molar-refractivity contribution is -0.116. The number of hydrogen-bond acceptors (Lipinski definition) is 3. The van der Waals surface area contributed by atoms with Crippen molar-refractivity contribution in [1.29, 1.82) is 0 Å². The van der Waals surface area contributed by atoms with Gasteiger partial charge in [-0.3, -0.25) is 4.79 Å². The van der Waals surface area contributed by atoms with Crippen LogP contribution in [0.3, 0.4) is 0 Å². The van der Waals surface area contributed by atoms with Gasteiger partial charge < -0.3 is 0 Å². The van der Waals surface area contributed by atoms with Gasteiger partial charge in [-0.25, -0.2) is 8.42 Å². The molecule has 0 bridgehead atoms. The van der Waals surface area contributed by atoms with Gasteiger partial charge >= 0.3 is 0 Å². The third kappa shape index (κ3) is 3.51. The monoisotopic (exact) mass is 274 g/mol. The van der Waals surface area contributed by atoms with Crippen molar-refractivity contribution < 1.29 is 13.2 Å². The molecule has 0 heterocycles. The highest BCUT2D eigenvalue weighted by molar-refractivity contribution is 7.72. The molecular weight excluding hydrogens is 260 g/mol. The molecule has 0 spiro atoms. The van der Waals surface area contributed by atoms with Gasteiger partial charge in [0.1, 0.15) is 5.78 Å². The molecule has 0 fully saturated rings. The first-order valence-corrected chi connectivity index (χ1v) is 7.07. The summed E-state index contributed by atoms with van der Waals surface area (Å²) >= 11 is 0. The topological polar surface area (TPSA) is 51.2 Å². The van der Waals surface area contributed by atoms with Crippen LogP contribution in [0.4, 0.5) is 0 Å². The number of rotatable bonds is 4. The molecule has 4 heteroatoms. The summed E-state index contributed by atoms with van der Waals surface area (Å²) in [4.78, 5) is 11.4. The fraction of sp³-hybridized carbons (Fsp3) is 0.133. The van der Waals surface area contributed by atoms with E-state index < -0.39 is 10.7 Å². The maximum Gasteiger partial charge on any atom is 0.168 e. The Morgan fingerprint density at radius 2 is 1.63 bits per heavy atom. The normalized spacial score (nSPS) is 10.6. The second-order valence-electron chi connectivity index (χ2n) is 4.39. The van der Waals surface area contributed by atoms with Crippen molar-refractivity contribution in [2.45, 2.75) is 18.2 Å². The average Bonchev–Trinajstić information content (AvgIpc) is 2.38. The highest BCUT2D eigenvalue weighted by atomic mass is 32.2. The van der Waals surface area contributed by atoms with Crippen molar-refractivity contribution in [3.05, 3.63) is 54.1 Å². The Kier molecular flexibility index (Phi) is 4.12. The van der Waals surface area contributed by atoms with Gasteiger partial charge in [-0.05, 0) is 35.7 Å². The summed E-state index contributed by atoms with van der Waals surface area (Å²) in [6.07, 6.45) is 0.392. The van der Waals surface area contributed by atoms with Gasteiger partial charge in [0.05, 0.1) is 4.90 Å². The smallest absolute Gasteiger partial charge is 0.168 e. The van der Waals surface area contributed by atoms with Crippen molar-refractivity contribution in [3.8, 4) is 11.1 Å².